The van der Waals surface area contributed by atoms with Gasteiger partial charge in [0.05, 0.1) is 17.1 Å². The predicted molar refractivity (Wildman–Crippen MR) is 96.8 cm³/mol. The molecule has 0 bridgehead atoms. The molecule has 1 amide bonds. The van der Waals surface area contributed by atoms with Crippen molar-refractivity contribution >= 4 is 17.2 Å². The molecule has 1 aromatic carbocycles. The molecule has 3 aromatic rings. The van der Waals surface area contributed by atoms with Gasteiger partial charge < -0.3 is 19.8 Å². The van der Waals surface area contributed by atoms with Gasteiger partial charge in [0.25, 0.3) is 5.91 Å². The van der Waals surface area contributed by atoms with Gasteiger partial charge in [-0.15, -0.1) is 0 Å². The van der Waals surface area contributed by atoms with E-state index in [2.05, 4.69) is 0 Å². The van der Waals surface area contributed by atoms with Gasteiger partial charge in [0, 0.05) is 25.4 Å². The van der Waals surface area contributed by atoms with Crippen LogP contribution in [0.2, 0.25) is 0 Å². The van der Waals surface area contributed by atoms with Crippen LogP contribution in [0.5, 0.6) is 5.75 Å². The number of aromatic nitrogens is 2. The standard InChI is InChI=1S/C19H20N4O2/c1-11-6-7-23-15(10-20)18(21-17(23)8-11)13-4-5-16-14(9-13)22(3)19(24)12(2)25-16/h4-9,12H,10,20H2,1-3H3. The number of aryl methyl sites for hydroxylation is 1. The third kappa shape index (κ3) is 2.37. The van der Waals surface area contributed by atoms with Crippen LogP contribution in [0.15, 0.2) is 36.5 Å². The smallest absolute Gasteiger partial charge is 0.267 e. The molecular weight excluding hydrogens is 316 g/mol. The first-order valence-corrected chi connectivity index (χ1v) is 8.26. The molecule has 0 spiro atoms. The first kappa shape index (κ1) is 15.7. The normalized spacial score (nSPS) is 16.9. The maximum atomic E-state index is 12.2. The lowest BCUT2D eigenvalue weighted by Crippen LogP contribution is -2.41. The summed E-state index contributed by atoms with van der Waals surface area (Å²) in [5, 5.41) is 0. The summed E-state index contributed by atoms with van der Waals surface area (Å²) in [6.45, 7) is 4.17. The fourth-order valence-electron chi connectivity index (χ4n) is 3.28. The number of nitrogens with two attached hydrogens (primary N) is 1. The van der Waals surface area contributed by atoms with E-state index in [0.717, 1.165) is 33.8 Å². The number of nitrogens with zero attached hydrogens (tertiary/aromatic N) is 3. The summed E-state index contributed by atoms with van der Waals surface area (Å²) >= 11 is 0. The van der Waals surface area contributed by atoms with Crippen molar-refractivity contribution in [1.29, 1.82) is 0 Å². The molecule has 0 aliphatic carbocycles. The number of imidazole rings is 1. The van der Waals surface area contributed by atoms with Crippen molar-refractivity contribution in [2.75, 3.05) is 11.9 Å². The van der Waals surface area contributed by atoms with Crippen molar-refractivity contribution in [3.8, 4) is 17.0 Å². The van der Waals surface area contributed by atoms with E-state index >= 15 is 0 Å². The fraction of sp³-hybridized carbons (Fsp3) is 0.263. The molecule has 0 saturated heterocycles. The Morgan fingerprint density at radius 3 is 2.84 bits per heavy atom. The van der Waals surface area contributed by atoms with Crippen LogP contribution in [0.25, 0.3) is 16.9 Å². The number of anilines is 1. The summed E-state index contributed by atoms with van der Waals surface area (Å²) in [5.41, 5.74) is 11.4. The van der Waals surface area contributed by atoms with Crippen molar-refractivity contribution in [3.63, 3.8) is 0 Å². The SMILES string of the molecule is Cc1ccn2c(CN)c(-c3ccc4c(c3)N(C)C(=O)C(C)O4)nc2c1. The maximum Gasteiger partial charge on any atom is 0.267 e. The number of amides is 1. The molecular formula is C19H20N4O2. The third-order valence-corrected chi connectivity index (χ3v) is 4.65. The highest BCUT2D eigenvalue weighted by Crippen LogP contribution is 2.37. The van der Waals surface area contributed by atoms with Crippen LogP contribution in [0, 0.1) is 6.92 Å². The van der Waals surface area contributed by atoms with Gasteiger partial charge in [-0.05, 0) is 49.7 Å². The summed E-state index contributed by atoms with van der Waals surface area (Å²) in [5.74, 6) is 0.640. The van der Waals surface area contributed by atoms with Crippen LogP contribution in [-0.4, -0.2) is 28.4 Å². The lowest BCUT2D eigenvalue weighted by molar-refractivity contribution is -0.125. The number of hydrogen-bond donors (Lipinski definition) is 1. The summed E-state index contributed by atoms with van der Waals surface area (Å²) in [6, 6.07) is 9.85. The number of likely N-dealkylation sites (N-methyl/N-ethyl adjacent to an activating group) is 1. The van der Waals surface area contributed by atoms with Gasteiger partial charge in [-0.3, -0.25) is 4.79 Å². The van der Waals surface area contributed by atoms with Crippen LogP contribution < -0.4 is 15.4 Å². The topological polar surface area (TPSA) is 72.9 Å². The number of benzene rings is 1. The molecule has 0 fully saturated rings. The lowest BCUT2D eigenvalue weighted by atomic mass is 10.1. The highest BCUT2D eigenvalue weighted by Gasteiger charge is 2.29. The van der Waals surface area contributed by atoms with Crippen molar-refractivity contribution in [2.45, 2.75) is 26.5 Å². The molecule has 6 heteroatoms. The van der Waals surface area contributed by atoms with Crippen LogP contribution in [0.1, 0.15) is 18.2 Å². The monoisotopic (exact) mass is 336 g/mol. The quantitative estimate of drug-likeness (QED) is 0.780. The number of pyridine rings is 1. The van der Waals surface area contributed by atoms with Gasteiger partial charge in [-0.2, -0.15) is 0 Å². The zero-order valence-corrected chi connectivity index (χ0v) is 14.5. The summed E-state index contributed by atoms with van der Waals surface area (Å²) < 4.78 is 7.70. The van der Waals surface area contributed by atoms with Gasteiger partial charge in [0.15, 0.2) is 6.10 Å². The second-order valence-electron chi connectivity index (χ2n) is 6.38. The molecule has 1 aliphatic heterocycles. The number of hydrogen-bond acceptors (Lipinski definition) is 4. The molecule has 2 N–H and O–H groups in total. The van der Waals surface area contributed by atoms with Gasteiger partial charge in [0.2, 0.25) is 0 Å². The van der Waals surface area contributed by atoms with Crippen LogP contribution in [0.3, 0.4) is 0 Å². The minimum Gasteiger partial charge on any atom is -0.479 e. The second kappa shape index (κ2) is 5.60. The lowest BCUT2D eigenvalue weighted by Gasteiger charge is -2.30. The maximum absolute atomic E-state index is 12.2. The Balaban J connectivity index is 1.89. The Bertz CT molecular complexity index is 992. The van der Waals surface area contributed by atoms with E-state index in [0.29, 0.717) is 12.3 Å². The van der Waals surface area contributed by atoms with Gasteiger partial charge >= 0.3 is 0 Å². The van der Waals surface area contributed by atoms with Crippen LogP contribution in [-0.2, 0) is 11.3 Å². The zero-order chi connectivity index (χ0) is 17.7. The van der Waals surface area contributed by atoms with Crippen molar-refractivity contribution in [1.82, 2.24) is 9.38 Å². The number of ether oxygens (including phenoxy) is 1. The average Bonchev–Trinajstić information content (AvgIpc) is 2.97. The molecule has 2 aromatic heterocycles. The first-order valence-electron chi connectivity index (χ1n) is 8.26. The summed E-state index contributed by atoms with van der Waals surface area (Å²) in [7, 11) is 1.76. The number of fused-ring (bicyclic) bond motifs is 2. The minimum atomic E-state index is -0.471. The van der Waals surface area contributed by atoms with Crippen molar-refractivity contribution in [3.05, 3.63) is 47.8 Å². The molecule has 25 heavy (non-hydrogen) atoms. The second-order valence-corrected chi connectivity index (χ2v) is 6.38. The van der Waals surface area contributed by atoms with Crippen molar-refractivity contribution < 1.29 is 9.53 Å². The molecule has 3 heterocycles. The van der Waals surface area contributed by atoms with E-state index in [1.54, 1.807) is 18.9 Å². The third-order valence-electron chi connectivity index (χ3n) is 4.65. The highest BCUT2D eigenvalue weighted by molar-refractivity contribution is 6.00. The molecule has 6 nitrogen and oxygen atoms in total. The Kier molecular flexibility index (Phi) is 3.51. The van der Waals surface area contributed by atoms with Crippen LogP contribution >= 0.6 is 0 Å². The van der Waals surface area contributed by atoms with E-state index in [-0.39, 0.29) is 5.91 Å². The van der Waals surface area contributed by atoms with E-state index in [9.17, 15) is 4.79 Å². The Morgan fingerprint density at radius 2 is 2.08 bits per heavy atom. The van der Waals surface area contributed by atoms with Gasteiger partial charge in [-0.1, -0.05) is 0 Å². The fourth-order valence-corrected chi connectivity index (χ4v) is 3.28. The molecule has 128 valence electrons. The zero-order valence-electron chi connectivity index (χ0n) is 14.5. The summed E-state index contributed by atoms with van der Waals surface area (Å²) in [6.07, 6.45) is 1.52. The number of carbonyl (C=O) groups is 1. The predicted octanol–water partition coefficient (Wildman–Crippen LogP) is 2.51. The Labute approximate surface area is 145 Å². The molecule has 4 rings (SSSR count). The molecule has 1 aliphatic rings. The van der Waals surface area contributed by atoms with Crippen molar-refractivity contribution in [2.24, 2.45) is 5.73 Å². The van der Waals surface area contributed by atoms with Gasteiger partial charge in [-0.25, -0.2) is 4.98 Å². The molecule has 1 unspecified atom stereocenters. The summed E-state index contributed by atoms with van der Waals surface area (Å²) in [4.78, 5) is 18.6. The average molecular weight is 336 g/mol. The van der Waals surface area contributed by atoms with E-state index in [4.69, 9.17) is 15.5 Å². The van der Waals surface area contributed by atoms with Crippen LogP contribution in [0.4, 0.5) is 5.69 Å². The molecule has 1 atom stereocenters. The molecule has 0 saturated carbocycles. The van der Waals surface area contributed by atoms with E-state index in [1.807, 2.05) is 47.9 Å². The van der Waals surface area contributed by atoms with E-state index in [1.165, 1.54) is 0 Å². The Morgan fingerprint density at radius 1 is 1.28 bits per heavy atom. The molecule has 0 radical (unpaired) electrons. The Hall–Kier alpha value is -2.86. The number of carbonyl (C=O) groups excluding carboxylic acids is 1. The van der Waals surface area contributed by atoms with Gasteiger partial charge in [0.1, 0.15) is 11.4 Å². The largest absolute Gasteiger partial charge is 0.479 e. The number of rotatable bonds is 2. The first-order chi connectivity index (χ1) is 12.0. The minimum absolute atomic E-state index is 0.0608. The van der Waals surface area contributed by atoms with E-state index < -0.39 is 6.10 Å². The highest BCUT2D eigenvalue weighted by atomic mass is 16.5.